The molecule has 0 atom stereocenters. The van der Waals surface area contributed by atoms with E-state index < -0.39 is 0 Å². The summed E-state index contributed by atoms with van der Waals surface area (Å²) in [4.78, 5) is 31.0. The molecule has 1 saturated heterocycles. The predicted octanol–water partition coefficient (Wildman–Crippen LogP) is 0.385. The Balaban J connectivity index is 1.90. The number of ether oxygens (including phenoxy) is 1. The van der Waals surface area contributed by atoms with E-state index in [0.29, 0.717) is 25.5 Å². The van der Waals surface area contributed by atoms with E-state index in [-0.39, 0.29) is 23.4 Å². The molecule has 0 spiro atoms. The molecule has 0 aliphatic carbocycles. The van der Waals surface area contributed by atoms with Crippen LogP contribution < -0.4 is 16.6 Å². The van der Waals surface area contributed by atoms with Gasteiger partial charge in [-0.1, -0.05) is 0 Å². The minimum atomic E-state index is -0.355. The zero-order valence-corrected chi connectivity index (χ0v) is 11.4. The molecule has 1 aromatic heterocycles. The van der Waals surface area contributed by atoms with Gasteiger partial charge in [-0.05, 0) is 19.8 Å². The van der Waals surface area contributed by atoms with Gasteiger partial charge in [0.05, 0.1) is 12.9 Å². The van der Waals surface area contributed by atoms with Crippen molar-refractivity contribution in [1.29, 1.82) is 0 Å². The molecular formula is C12H19N5O3. The molecule has 0 saturated carbocycles. The second-order valence-electron chi connectivity index (χ2n) is 4.60. The maximum absolute atomic E-state index is 11.6. The second-order valence-corrected chi connectivity index (χ2v) is 4.60. The number of hydrogen-bond acceptors (Lipinski definition) is 6. The molecular weight excluding hydrogens is 262 g/mol. The third-order valence-corrected chi connectivity index (χ3v) is 3.25. The van der Waals surface area contributed by atoms with Crippen LogP contribution in [0.25, 0.3) is 0 Å². The lowest BCUT2D eigenvalue weighted by Gasteiger charge is -2.31. The molecule has 20 heavy (non-hydrogen) atoms. The average Bonchev–Trinajstić information content (AvgIpc) is 2.45. The number of nitrogens with zero attached hydrogens (tertiary/aromatic N) is 2. The summed E-state index contributed by atoms with van der Waals surface area (Å²) in [6.45, 7) is 3.39. The van der Waals surface area contributed by atoms with Crippen LogP contribution in [0.1, 0.15) is 19.8 Å². The Kier molecular flexibility index (Phi) is 4.44. The van der Waals surface area contributed by atoms with E-state index >= 15 is 0 Å². The summed E-state index contributed by atoms with van der Waals surface area (Å²) in [7, 11) is 0. The van der Waals surface area contributed by atoms with Gasteiger partial charge in [-0.2, -0.15) is 0 Å². The average molecular weight is 281 g/mol. The summed E-state index contributed by atoms with van der Waals surface area (Å²) in [5.41, 5.74) is 5.39. The zero-order valence-electron chi connectivity index (χ0n) is 11.4. The van der Waals surface area contributed by atoms with Crippen molar-refractivity contribution in [2.75, 3.05) is 30.7 Å². The van der Waals surface area contributed by atoms with Gasteiger partial charge in [-0.3, -0.25) is 4.79 Å². The number of likely N-dealkylation sites (tertiary alicyclic amines) is 1. The van der Waals surface area contributed by atoms with Crippen molar-refractivity contribution in [2.45, 2.75) is 25.8 Å². The van der Waals surface area contributed by atoms with Crippen LogP contribution in [0.3, 0.4) is 0 Å². The normalized spacial score (nSPS) is 15.9. The number of carbonyl (C=O) groups is 1. The minimum absolute atomic E-state index is 0.0836. The van der Waals surface area contributed by atoms with Crippen molar-refractivity contribution >= 4 is 17.6 Å². The number of nitrogens with two attached hydrogens (primary N) is 1. The number of amides is 1. The first-order valence-corrected chi connectivity index (χ1v) is 6.63. The van der Waals surface area contributed by atoms with Crippen LogP contribution in [-0.2, 0) is 4.74 Å². The highest BCUT2D eigenvalue weighted by molar-refractivity contribution is 5.67. The van der Waals surface area contributed by atoms with Crippen molar-refractivity contribution < 1.29 is 9.53 Å². The molecule has 2 rings (SSSR count). The van der Waals surface area contributed by atoms with E-state index in [1.54, 1.807) is 11.8 Å². The van der Waals surface area contributed by atoms with Crippen molar-refractivity contribution in [3.63, 3.8) is 0 Å². The topological polar surface area (TPSA) is 113 Å². The number of anilines is 2. The van der Waals surface area contributed by atoms with E-state index in [9.17, 15) is 9.59 Å². The Bertz CT molecular complexity index is 522. The molecule has 1 aromatic rings. The molecule has 110 valence electrons. The lowest BCUT2D eigenvalue weighted by Crippen LogP contribution is -2.42. The van der Waals surface area contributed by atoms with Gasteiger partial charge in [0.25, 0.3) is 5.56 Å². The standard InChI is InChI=1S/C12H19N5O3/c1-2-20-12(19)17-5-3-8(4-6-17)16-10-9(13)11(18)15-7-14-10/h7-8H,2-6,13H2,1H3,(H2,14,15,16,18). The number of rotatable bonds is 3. The Labute approximate surface area is 116 Å². The predicted molar refractivity (Wildman–Crippen MR) is 74.5 cm³/mol. The lowest BCUT2D eigenvalue weighted by molar-refractivity contribution is 0.0983. The first-order chi connectivity index (χ1) is 9.61. The van der Waals surface area contributed by atoms with Gasteiger partial charge in [0, 0.05) is 19.1 Å². The molecule has 8 heteroatoms. The summed E-state index contributed by atoms with van der Waals surface area (Å²) < 4.78 is 4.96. The van der Waals surface area contributed by atoms with Gasteiger partial charge in [0.1, 0.15) is 5.69 Å². The maximum Gasteiger partial charge on any atom is 0.409 e. The molecule has 0 aromatic carbocycles. The molecule has 0 radical (unpaired) electrons. The molecule has 1 aliphatic heterocycles. The van der Waals surface area contributed by atoms with Gasteiger partial charge in [-0.25, -0.2) is 9.78 Å². The molecule has 0 bridgehead atoms. The number of aromatic amines is 1. The Morgan fingerprint density at radius 1 is 1.60 bits per heavy atom. The highest BCUT2D eigenvalue weighted by Gasteiger charge is 2.24. The van der Waals surface area contributed by atoms with E-state index in [2.05, 4.69) is 15.3 Å². The van der Waals surface area contributed by atoms with Gasteiger partial charge >= 0.3 is 6.09 Å². The summed E-state index contributed by atoms with van der Waals surface area (Å²) in [6.07, 6.45) is 2.55. The molecule has 4 N–H and O–H groups in total. The monoisotopic (exact) mass is 281 g/mol. The summed E-state index contributed by atoms with van der Waals surface area (Å²) in [6, 6.07) is 0.136. The number of hydrogen-bond donors (Lipinski definition) is 3. The quantitative estimate of drug-likeness (QED) is 0.738. The van der Waals surface area contributed by atoms with Crippen molar-refractivity contribution in [1.82, 2.24) is 14.9 Å². The lowest BCUT2D eigenvalue weighted by atomic mass is 10.1. The van der Waals surface area contributed by atoms with Crippen molar-refractivity contribution in [3.05, 3.63) is 16.7 Å². The fourth-order valence-electron chi connectivity index (χ4n) is 2.14. The van der Waals surface area contributed by atoms with Crippen LogP contribution >= 0.6 is 0 Å². The van der Waals surface area contributed by atoms with Crippen LogP contribution in [0.2, 0.25) is 0 Å². The summed E-state index contributed by atoms with van der Waals surface area (Å²) in [5.74, 6) is 0.392. The van der Waals surface area contributed by atoms with Crippen LogP contribution in [0, 0.1) is 0 Å². The molecule has 1 aliphatic rings. The number of nitrogen functional groups attached to an aromatic ring is 1. The Morgan fingerprint density at radius 2 is 2.30 bits per heavy atom. The van der Waals surface area contributed by atoms with Crippen LogP contribution in [0.15, 0.2) is 11.1 Å². The van der Waals surface area contributed by atoms with Crippen LogP contribution in [0.4, 0.5) is 16.3 Å². The molecule has 1 fully saturated rings. The maximum atomic E-state index is 11.6. The summed E-state index contributed by atoms with van der Waals surface area (Å²) in [5, 5.41) is 3.15. The molecule has 1 amide bonds. The van der Waals surface area contributed by atoms with E-state index in [0.717, 1.165) is 12.8 Å². The number of H-pyrrole nitrogens is 1. The first kappa shape index (κ1) is 14.2. The largest absolute Gasteiger partial charge is 0.450 e. The third-order valence-electron chi connectivity index (χ3n) is 3.25. The van der Waals surface area contributed by atoms with Crippen molar-refractivity contribution in [3.8, 4) is 0 Å². The number of piperidine rings is 1. The second kappa shape index (κ2) is 6.27. The van der Waals surface area contributed by atoms with Crippen LogP contribution in [0.5, 0.6) is 0 Å². The minimum Gasteiger partial charge on any atom is -0.450 e. The number of nitrogens with one attached hydrogen (secondary N) is 2. The SMILES string of the molecule is CCOC(=O)N1CCC(Nc2nc[nH]c(=O)c2N)CC1. The van der Waals surface area contributed by atoms with E-state index in [1.807, 2.05) is 0 Å². The smallest absolute Gasteiger partial charge is 0.409 e. The van der Waals surface area contributed by atoms with E-state index in [4.69, 9.17) is 10.5 Å². The number of carbonyl (C=O) groups excluding carboxylic acids is 1. The van der Waals surface area contributed by atoms with Gasteiger partial charge in [0.2, 0.25) is 0 Å². The van der Waals surface area contributed by atoms with Gasteiger partial charge in [0.15, 0.2) is 5.82 Å². The van der Waals surface area contributed by atoms with Gasteiger partial charge in [-0.15, -0.1) is 0 Å². The van der Waals surface area contributed by atoms with Gasteiger partial charge < -0.3 is 25.7 Å². The molecule has 2 heterocycles. The third kappa shape index (κ3) is 3.19. The van der Waals surface area contributed by atoms with Crippen molar-refractivity contribution in [2.24, 2.45) is 0 Å². The highest BCUT2D eigenvalue weighted by atomic mass is 16.6. The molecule has 0 unspecified atom stereocenters. The number of aromatic nitrogens is 2. The summed E-state index contributed by atoms with van der Waals surface area (Å²) >= 11 is 0. The first-order valence-electron chi connectivity index (χ1n) is 6.63. The fourth-order valence-corrected chi connectivity index (χ4v) is 2.14. The highest BCUT2D eigenvalue weighted by Crippen LogP contribution is 2.17. The Hall–Kier alpha value is -2.25. The molecule has 8 nitrogen and oxygen atoms in total. The van der Waals surface area contributed by atoms with Crippen LogP contribution in [-0.4, -0.2) is 46.7 Å². The fraction of sp³-hybridized carbons (Fsp3) is 0.583. The zero-order chi connectivity index (χ0) is 14.5. The Morgan fingerprint density at radius 3 is 2.95 bits per heavy atom. The van der Waals surface area contributed by atoms with E-state index in [1.165, 1.54) is 6.33 Å².